The quantitative estimate of drug-likeness (QED) is 0.878. The second-order valence-corrected chi connectivity index (χ2v) is 5.70. The van der Waals surface area contributed by atoms with Gasteiger partial charge < -0.3 is 15.5 Å². The summed E-state index contributed by atoms with van der Waals surface area (Å²) in [5.74, 6) is -0.0138. The number of rotatable bonds is 2. The second-order valence-electron chi connectivity index (χ2n) is 5.70. The zero-order valence-corrected chi connectivity index (χ0v) is 11.6. The van der Waals surface area contributed by atoms with Crippen molar-refractivity contribution in [2.45, 2.75) is 31.4 Å². The predicted molar refractivity (Wildman–Crippen MR) is 76.3 cm³/mol. The number of benzene rings is 1. The van der Waals surface area contributed by atoms with E-state index in [9.17, 15) is 4.79 Å². The lowest BCUT2D eigenvalue weighted by molar-refractivity contribution is -0.152. The SMILES string of the molecule is CC1(C(=O)N2CC[C@H](N)C2)CC(c2ccccc2)=NO1. The van der Waals surface area contributed by atoms with E-state index in [-0.39, 0.29) is 11.9 Å². The molecule has 1 fully saturated rings. The molecule has 5 nitrogen and oxygen atoms in total. The maximum absolute atomic E-state index is 12.6. The van der Waals surface area contributed by atoms with Crippen LogP contribution in [0.5, 0.6) is 0 Å². The number of oxime groups is 1. The van der Waals surface area contributed by atoms with Crippen LogP contribution >= 0.6 is 0 Å². The Hall–Kier alpha value is -1.88. The summed E-state index contributed by atoms with van der Waals surface area (Å²) in [6.45, 7) is 3.12. The highest BCUT2D eigenvalue weighted by Crippen LogP contribution is 2.29. The van der Waals surface area contributed by atoms with Crippen molar-refractivity contribution in [2.75, 3.05) is 13.1 Å². The third kappa shape index (κ3) is 2.29. The molecule has 0 radical (unpaired) electrons. The first-order valence-corrected chi connectivity index (χ1v) is 6.94. The minimum atomic E-state index is -0.894. The molecule has 0 bridgehead atoms. The third-order valence-corrected chi connectivity index (χ3v) is 3.93. The summed E-state index contributed by atoms with van der Waals surface area (Å²) in [5.41, 5.74) is 6.79. The molecule has 1 amide bonds. The highest BCUT2D eigenvalue weighted by atomic mass is 16.7. The van der Waals surface area contributed by atoms with Crippen LogP contribution in [0.3, 0.4) is 0 Å². The molecule has 2 aliphatic rings. The van der Waals surface area contributed by atoms with Crippen molar-refractivity contribution in [1.82, 2.24) is 4.90 Å². The number of hydrogen-bond acceptors (Lipinski definition) is 4. The molecule has 2 atom stereocenters. The Balaban J connectivity index is 1.72. The minimum Gasteiger partial charge on any atom is -0.379 e. The van der Waals surface area contributed by atoms with E-state index in [0.29, 0.717) is 19.5 Å². The molecule has 1 saturated heterocycles. The number of carbonyl (C=O) groups excluding carboxylic acids is 1. The summed E-state index contributed by atoms with van der Waals surface area (Å²) in [6.07, 6.45) is 1.36. The molecule has 1 unspecified atom stereocenters. The van der Waals surface area contributed by atoms with E-state index >= 15 is 0 Å². The first-order valence-electron chi connectivity index (χ1n) is 6.94. The van der Waals surface area contributed by atoms with E-state index in [0.717, 1.165) is 17.7 Å². The lowest BCUT2D eigenvalue weighted by Crippen LogP contribution is -2.47. The Morgan fingerprint density at radius 2 is 2.20 bits per heavy atom. The summed E-state index contributed by atoms with van der Waals surface area (Å²) < 4.78 is 0. The summed E-state index contributed by atoms with van der Waals surface area (Å²) in [4.78, 5) is 19.8. The van der Waals surface area contributed by atoms with Gasteiger partial charge in [0.25, 0.3) is 5.91 Å². The van der Waals surface area contributed by atoms with Crippen molar-refractivity contribution in [3.8, 4) is 0 Å². The van der Waals surface area contributed by atoms with Crippen LogP contribution in [0.4, 0.5) is 0 Å². The number of carbonyl (C=O) groups is 1. The van der Waals surface area contributed by atoms with Crippen LogP contribution in [0.1, 0.15) is 25.3 Å². The van der Waals surface area contributed by atoms with E-state index in [1.165, 1.54) is 0 Å². The molecule has 2 aliphatic heterocycles. The van der Waals surface area contributed by atoms with Gasteiger partial charge in [-0.15, -0.1) is 0 Å². The van der Waals surface area contributed by atoms with Gasteiger partial charge in [-0.2, -0.15) is 0 Å². The fourth-order valence-corrected chi connectivity index (χ4v) is 2.75. The first-order chi connectivity index (χ1) is 9.58. The van der Waals surface area contributed by atoms with E-state index in [1.54, 1.807) is 11.8 Å². The molecule has 1 aromatic rings. The first kappa shape index (κ1) is 13.1. The fourth-order valence-electron chi connectivity index (χ4n) is 2.75. The Labute approximate surface area is 118 Å². The predicted octanol–water partition coefficient (Wildman–Crippen LogP) is 1.13. The monoisotopic (exact) mass is 273 g/mol. The molecule has 0 aliphatic carbocycles. The average Bonchev–Trinajstić information content (AvgIpc) is 3.06. The van der Waals surface area contributed by atoms with Gasteiger partial charge >= 0.3 is 0 Å². The standard InChI is InChI=1S/C15H19N3O2/c1-15(14(19)18-8-7-12(16)10-18)9-13(17-20-15)11-5-3-2-4-6-11/h2-6,12H,7-10,16H2,1H3/t12-,15?/m0/s1. The number of hydrogen-bond donors (Lipinski definition) is 1. The molecule has 0 saturated carbocycles. The van der Waals surface area contributed by atoms with E-state index in [4.69, 9.17) is 10.6 Å². The molecule has 2 heterocycles. The molecule has 0 spiro atoms. The van der Waals surface area contributed by atoms with Crippen molar-refractivity contribution in [3.63, 3.8) is 0 Å². The fraction of sp³-hybridized carbons (Fsp3) is 0.467. The topological polar surface area (TPSA) is 67.9 Å². The number of nitrogens with zero attached hydrogens (tertiary/aromatic N) is 2. The van der Waals surface area contributed by atoms with Crippen LogP contribution in [0, 0.1) is 0 Å². The Bertz CT molecular complexity index is 543. The van der Waals surface area contributed by atoms with Gasteiger partial charge in [-0.25, -0.2) is 0 Å². The van der Waals surface area contributed by atoms with Gasteiger partial charge in [-0.05, 0) is 18.9 Å². The van der Waals surface area contributed by atoms with Gasteiger partial charge in [-0.3, -0.25) is 4.79 Å². The molecule has 5 heteroatoms. The summed E-state index contributed by atoms with van der Waals surface area (Å²) in [7, 11) is 0. The third-order valence-electron chi connectivity index (χ3n) is 3.93. The van der Waals surface area contributed by atoms with E-state index in [1.807, 2.05) is 30.3 Å². The van der Waals surface area contributed by atoms with Gasteiger partial charge in [0.2, 0.25) is 5.60 Å². The molecular weight excluding hydrogens is 254 g/mol. The van der Waals surface area contributed by atoms with Gasteiger partial charge in [0.15, 0.2) is 0 Å². The van der Waals surface area contributed by atoms with Crippen LogP contribution < -0.4 is 5.73 Å². The average molecular weight is 273 g/mol. The number of amides is 1. The summed E-state index contributed by atoms with van der Waals surface area (Å²) in [5, 5.41) is 4.11. The summed E-state index contributed by atoms with van der Waals surface area (Å²) in [6, 6.07) is 9.90. The molecule has 0 aromatic heterocycles. The maximum Gasteiger partial charge on any atom is 0.269 e. The molecule has 1 aromatic carbocycles. The molecule has 3 rings (SSSR count). The van der Waals surface area contributed by atoms with Crippen molar-refractivity contribution in [3.05, 3.63) is 35.9 Å². The smallest absolute Gasteiger partial charge is 0.269 e. The molecular formula is C15H19N3O2. The minimum absolute atomic E-state index is 0.0138. The zero-order chi connectivity index (χ0) is 14.2. The van der Waals surface area contributed by atoms with Crippen molar-refractivity contribution < 1.29 is 9.63 Å². The van der Waals surface area contributed by atoms with Gasteiger partial charge in [0.05, 0.1) is 5.71 Å². The van der Waals surface area contributed by atoms with Gasteiger partial charge in [-0.1, -0.05) is 35.5 Å². The van der Waals surface area contributed by atoms with E-state index in [2.05, 4.69) is 5.16 Å². The number of likely N-dealkylation sites (tertiary alicyclic amines) is 1. The van der Waals surface area contributed by atoms with Crippen LogP contribution in [-0.4, -0.2) is 41.3 Å². The Kier molecular flexibility index (Phi) is 3.22. The highest BCUT2D eigenvalue weighted by molar-refractivity contribution is 6.05. The highest BCUT2D eigenvalue weighted by Gasteiger charge is 2.45. The van der Waals surface area contributed by atoms with Crippen LogP contribution in [-0.2, 0) is 9.63 Å². The van der Waals surface area contributed by atoms with Crippen LogP contribution in [0.15, 0.2) is 35.5 Å². The summed E-state index contributed by atoms with van der Waals surface area (Å²) >= 11 is 0. The second kappa shape index (κ2) is 4.90. The van der Waals surface area contributed by atoms with Crippen LogP contribution in [0.25, 0.3) is 0 Å². The Morgan fingerprint density at radius 1 is 1.45 bits per heavy atom. The normalized spacial score (nSPS) is 29.2. The largest absolute Gasteiger partial charge is 0.379 e. The number of nitrogens with two attached hydrogens (primary N) is 1. The van der Waals surface area contributed by atoms with Crippen molar-refractivity contribution in [1.29, 1.82) is 0 Å². The van der Waals surface area contributed by atoms with Gasteiger partial charge in [0.1, 0.15) is 0 Å². The molecule has 20 heavy (non-hydrogen) atoms. The lowest BCUT2D eigenvalue weighted by atomic mass is 9.94. The molecule has 2 N–H and O–H groups in total. The van der Waals surface area contributed by atoms with Crippen LogP contribution in [0.2, 0.25) is 0 Å². The Morgan fingerprint density at radius 3 is 2.85 bits per heavy atom. The van der Waals surface area contributed by atoms with E-state index < -0.39 is 5.60 Å². The zero-order valence-electron chi connectivity index (χ0n) is 11.6. The van der Waals surface area contributed by atoms with Crippen molar-refractivity contribution >= 4 is 11.6 Å². The molecule has 106 valence electrons. The van der Waals surface area contributed by atoms with Crippen molar-refractivity contribution in [2.24, 2.45) is 10.9 Å². The lowest BCUT2D eigenvalue weighted by Gasteiger charge is -2.26. The van der Waals surface area contributed by atoms with Gasteiger partial charge in [0, 0.05) is 25.6 Å². The maximum atomic E-state index is 12.6.